The lowest BCUT2D eigenvalue weighted by Gasteiger charge is -2.15. The third-order valence-electron chi connectivity index (χ3n) is 5.34. The highest BCUT2D eigenvalue weighted by Crippen LogP contribution is 2.27. The summed E-state index contributed by atoms with van der Waals surface area (Å²) in [6.07, 6.45) is 8.87. The standard InChI is InChI=1S/C24H22N6O2/c1-16(17-4-6-18(7-5-17)19-12-28-29(2)14-19)32-24-11-21(26-15-27-24)22-13-25-23-10-20(31-3)8-9-30(22)23/h4-16H,1-3H3. The van der Waals surface area contributed by atoms with Crippen LogP contribution in [0.15, 0.2) is 73.6 Å². The van der Waals surface area contributed by atoms with Crippen LogP contribution in [0.4, 0.5) is 0 Å². The predicted octanol–water partition coefficient (Wildman–Crippen LogP) is 4.34. The quantitative estimate of drug-likeness (QED) is 0.402. The molecule has 0 aliphatic heterocycles. The third kappa shape index (κ3) is 3.78. The molecule has 32 heavy (non-hydrogen) atoms. The van der Waals surface area contributed by atoms with E-state index in [1.165, 1.54) is 6.33 Å². The molecule has 8 heteroatoms. The van der Waals surface area contributed by atoms with E-state index < -0.39 is 0 Å². The zero-order valence-corrected chi connectivity index (χ0v) is 18.0. The Morgan fingerprint density at radius 2 is 1.78 bits per heavy atom. The highest BCUT2D eigenvalue weighted by Gasteiger charge is 2.13. The largest absolute Gasteiger partial charge is 0.497 e. The van der Waals surface area contributed by atoms with E-state index in [1.54, 1.807) is 18.0 Å². The Morgan fingerprint density at radius 1 is 0.938 bits per heavy atom. The van der Waals surface area contributed by atoms with E-state index in [1.807, 2.05) is 55.2 Å². The fourth-order valence-corrected chi connectivity index (χ4v) is 3.59. The molecule has 5 aromatic rings. The Hall–Kier alpha value is -4.20. The van der Waals surface area contributed by atoms with Crippen LogP contribution in [-0.2, 0) is 7.05 Å². The van der Waals surface area contributed by atoms with Gasteiger partial charge in [-0.15, -0.1) is 0 Å². The molecule has 160 valence electrons. The normalized spacial score (nSPS) is 12.1. The van der Waals surface area contributed by atoms with E-state index in [9.17, 15) is 0 Å². The van der Waals surface area contributed by atoms with Gasteiger partial charge in [0.1, 0.15) is 23.8 Å². The number of fused-ring (bicyclic) bond motifs is 1. The highest BCUT2D eigenvalue weighted by molar-refractivity contribution is 5.63. The van der Waals surface area contributed by atoms with Crippen molar-refractivity contribution in [2.45, 2.75) is 13.0 Å². The first-order valence-corrected chi connectivity index (χ1v) is 10.2. The van der Waals surface area contributed by atoms with E-state index in [0.29, 0.717) is 5.88 Å². The van der Waals surface area contributed by atoms with E-state index in [-0.39, 0.29) is 6.10 Å². The van der Waals surface area contributed by atoms with Gasteiger partial charge in [0.2, 0.25) is 5.88 Å². The van der Waals surface area contributed by atoms with Crippen molar-refractivity contribution < 1.29 is 9.47 Å². The number of hydrogen-bond acceptors (Lipinski definition) is 6. The lowest BCUT2D eigenvalue weighted by molar-refractivity contribution is 0.217. The van der Waals surface area contributed by atoms with Crippen molar-refractivity contribution in [3.63, 3.8) is 0 Å². The van der Waals surface area contributed by atoms with Crippen molar-refractivity contribution in [1.82, 2.24) is 29.1 Å². The maximum Gasteiger partial charge on any atom is 0.217 e. The predicted molar refractivity (Wildman–Crippen MR) is 120 cm³/mol. The van der Waals surface area contributed by atoms with E-state index in [0.717, 1.165) is 39.5 Å². The average molecular weight is 426 g/mol. The number of benzene rings is 1. The molecule has 0 aliphatic rings. The van der Waals surface area contributed by atoms with Crippen LogP contribution in [0, 0.1) is 0 Å². The van der Waals surface area contributed by atoms with Gasteiger partial charge in [-0.25, -0.2) is 15.0 Å². The fourth-order valence-electron chi connectivity index (χ4n) is 3.59. The highest BCUT2D eigenvalue weighted by atomic mass is 16.5. The van der Waals surface area contributed by atoms with Gasteiger partial charge in [0.05, 0.1) is 30.9 Å². The molecule has 0 bridgehead atoms. The number of pyridine rings is 1. The van der Waals surface area contributed by atoms with E-state index >= 15 is 0 Å². The van der Waals surface area contributed by atoms with Crippen molar-refractivity contribution in [3.05, 3.63) is 79.1 Å². The first-order valence-electron chi connectivity index (χ1n) is 10.2. The van der Waals surface area contributed by atoms with Crippen LogP contribution in [0.25, 0.3) is 28.2 Å². The fraction of sp³-hybridized carbons (Fsp3) is 0.167. The number of rotatable bonds is 6. The maximum atomic E-state index is 6.12. The summed E-state index contributed by atoms with van der Waals surface area (Å²) in [5, 5.41) is 4.23. The summed E-state index contributed by atoms with van der Waals surface area (Å²) in [6, 6.07) is 13.9. The summed E-state index contributed by atoms with van der Waals surface area (Å²) >= 11 is 0. The molecule has 0 N–H and O–H groups in total. The van der Waals surface area contributed by atoms with Gasteiger partial charge in [-0.1, -0.05) is 24.3 Å². The van der Waals surface area contributed by atoms with Crippen LogP contribution in [-0.4, -0.2) is 36.2 Å². The molecule has 8 nitrogen and oxygen atoms in total. The van der Waals surface area contributed by atoms with Crippen LogP contribution in [0.1, 0.15) is 18.6 Å². The number of aryl methyl sites for hydroxylation is 1. The Kier molecular flexibility index (Phi) is 5.03. The van der Waals surface area contributed by atoms with Gasteiger partial charge >= 0.3 is 0 Å². The summed E-state index contributed by atoms with van der Waals surface area (Å²) in [4.78, 5) is 13.2. The molecule has 0 saturated carbocycles. The van der Waals surface area contributed by atoms with E-state index in [2.05, 4.69) is 44.3 Å². The zero-order chi connectivity index (χ0) is 22.1. The van der Waals surface area contributed by atoms with Gasteiger partial charge < -0.3 is 9.47 Å². The molecule has 0 radical (unpaired) electrons. The number of ether oxygens (including phenoxy) is 2. The van der Waals surface area contributed by atoms with Crippen molar-refractivity contribution in [1.29, 1.82) is 0 Å². The summed E-state index contributed by atoms with van der Waals surface area (Å²) in [5.74, 6) is 1.26. The molecule has 4 heterocycles. The molecule has 1 unspecified atom stereocenters. The zero-order valence-electron chi connectivity index (χ0n) is 18.0. The van der Waals surface area contributed by atoms with Gasteiger partial charge in [0.25, 0.3) is 0 Å². The van der Waals surface area contributed by atoms with Crippen molar-refractivity contribution in [2.24, 2.45) is 7.05 Å². The minimum absolute atomic E-state index is 0.174. The average Bonchev–Trinajstić information content (AvgIpc) is 3.45. The Labute approximate surface area is 185 Å². The first-order chi connectivity index (χ1) is 15.6. The number of hydrogen-bond donors (Lipinski definition) is 0. The van der Waals surface area contributed by atoms with Crippen molar-refractivity contribution in [2.75, 3.05) is 7.11 Å². The first kappa shape index (κ1) is 19.7. The monoisotopic (exact) mass is 426 g/mol. The van der Waals surface area contributed by atoms with Crippen LogP contribution in [0.5, 0.6) is 11.6 Å². The lowest BCUT2D eigenvalue weighted by atomic mass is 10.0. The van der Waals surface area contributed by atoms with Crippen molar-refractivity contribution in [3.8, 4) is 34.1 Å². The Bertz CT molecular complexity index is 1370. The molecular formula is C24H22N6O2. The number of imidazole rings is 1. The molecule has 0 aliphatic carbocycles. The smallest absolute Gasteiger partial charge is 0.217 e. The van der Waals surface area contributed by atoms with Gasteiger partial charge in [-0.2, -0.15) is 5.10 Å². The van der Waals surface area contributed by atoms with Gasteiger partial charge in [-0.05, 0) is 24.1 Å². The van der Waals surface area contributed by atoms with Crippen LogP contribution >= 0.6 is 0 Å². The number of aromatic nitrogens is 6. The summed E-state index contributed by atoms with van der Waals surface area (Å²) < 4.78 is 15.1. The number of methoxy groups -OCH3 is 1. The molecule has 0 fully saturated rings. The van der Waals surface area contributed by atoms with E-state index in [4.69, 9.17) is 9.47 Å². The molecule has 1 aromatic carbocycles. The summed E-state index contributed by atoms with van der Waals surface area (Å²) in [7, 11) is 3.55. The topological polar surface area (TPSA) is 79.4 Å². The van der Waals surface area contributed by atoms with Crippen LogP contribution in [0.3, 0.4) is 0 Å². The Morgan fingerprint density at radius 3 is 2.53 bits per heavy atom. The maximum absolute atomic E-state index is 6.12. The minimum atomic E-state index is -0.174. The van der Waals surface area contributed by atoms with Crippen LogP contribution in [0.2, 0.25) is 0 Å². The van der Waals surface area contributed by atoms with Gasteiger partial charge in [0, 0.05) is 37.1 Å². The molecule has 1 atom stereocenters. The summed E-state index contributed by atoms with van der Waals surface area (Å²) in [6.45, 7) is 2.00. The lowest BCUT2D eigenvalue weighted by Crippen LogP contribution is -2.05. The van der Waals surface area contributed by atoms with Gasteiger partial charge in [-0.3, -0.25) is 9.08 Å². The SMILES string of the molecule is COc1ccn2c(-c3cc(OC(C)c4ccc(-c5cnn(C)c5)cc4)ncn3)cnc2c1. The molecule has 0 saturated heterocycles. The second-order valence-corrected chi connectivity index (χ2v) is 7.46. The second kappa shape index (κ2) is 8.14. The molecule has 0 amide bonds. The van der Waals surface area contributed by atoms with Gasteiger partial charge in [0.15, 0.2) is 0 Å². The number of nitrogens with zero attached hydrogens (tertiary/aromatic N) is 6. The second-order valence-electron chi connectivity index (χ2n) is 7.46. The minimum Gasteiger partial charge on any atom is -0.497 e. The molecule has 4 aromatic heterocycles. The van der Waals surface area contributed by atoms with Crippen LogP contribution < -0.4 is 9.47 Å². The summed E-state index contributed by atoms with van der Waals surface area (Å²) in [5.41, 5.74) is 5.61. The molecule has 0 spiro atoms. The molecular weight excluding hydrogens is 404 g/mol. The van der Waals surface area contributed by atoms with Crippen molar-refractivity contribution >= 4 is 5.65 Å². The Balaban J connectivity index is 1.36. The molecule has 5 rings (SSSR count). The third-order valence-corrected chi connectivity index (χ3v) is 5.34.